The molecule has 2 fully saturated rings. The van der Waals surface area contributed by atoms with Gasteiger partial charge < -0.3 is 10.2 Å². The molecule has 0 saturated carbocycles. The Labute approximate surface area is 143 Å². The van der Waals surface area contributed by atoms with Gasteiger partial charge in [0.05, 0.1) is 10.7 Å². The zero-order chi connectivity index (χ0) is 14.9. The van der Waals surface area contributed by atoms with Crippen LogP contribution in [0.25, 0.3) is 0 Å². The zero-order valence-electron chi connectivity index (χ0n) is 12.9. The second-order valence-electron chi connectivity index (χ2n) is 6.60. The van der Waals surface area contributed by atoms with Gasteiger partial charge in [0.2, 0.25) is 0 Å². The van der Waals surface area contributed by atoms with Gasteiger partial charge in [0.25, 0.3) is 0 Å². The predicted octanol–water partition coefficient (Wildman–Crippen LogP) is 3.02. The van der Waals surface area contributed by atoms with Crippen molar-refractivity contribution in [3.63, 3.8) is 0 Å². The van der Waals surface area contributed by atoms with Gasteiger partial charge >= 0.3 is 0 Å². The molecule has 0 amide bonds. The first-order valence-electron chi connectivity index (χ1n) is 7.69. The third-order valence-electron chi connectivity index (χ3n) is 4.69. The fourth-order valence-corrected chi connectivity index (χ4v) is 3.71. The number of piperazine rings is 1. The largest absolute Gasteiger partial charge is 0.368 e. The highest BCUT2D eigenvalue weighted by Gasteiger charge is 2.31. The molecule has 0 spiro atoms. The van der Waals surface area contributed by atoms with Gasteiger partial charge in [-0.3, -0.25) is 4.90 Å². The Bertz CT molecular complexity index is 498. The molecule has 3 nitrogen and oxygen atoms in total. The molecule has 2 aliphatic rings. The van der Waals surface area contributed by atoms with Crippen molar-refractivity contribution in [1.29, 1.82) is 0 Å². The van der Waals surface area contributed by atoms with E-state index < -0.39 is 0 Å². The van der Waals surface area contributed by atoms with Crippen LogP contribution in [0.15, 0.2) is 18.2 Å². The Morgan fingerprint density at radius 1 is 1.27 bits per heavy atom. The normalized spacial score (nSPS) is 26.0. The summed E-state index contributed by atoms with van der Waals surface area (Å²) in [6.45, 7) is 9.79. The molecule has 2 saturated heterocycles. The average Bonchev–Trinajstić information content (AvgIpc) is 2.87. The summed E-state index contributed by atoms with van der Waals surface area (Å²) in [7, 11) is 0. The minimum atomic E-state index is -0.274. The van der Waals surface area contributed by atoms with Gasteiger partial charge in [-0.05, 0) is 36.6 Å². The molecule has 2 heterocycles. The molecule has 1 unspecified atom stereocenters. The van der Waals surface area contributed by atoms with Gasteiger partial charge in [0.1, 0.15) is 5.82 Å². The van der Waals surface area contributed by atoms with Crippen molar-refractivity contribution in [2.24, 2.45) is 5.41 Å². The Hall–Kier alpha value is -0.550. The number of hydrogen-bond donors (Lipinski definition) is 1. The lowest BCUT2D eigenvalue weighted by Gasteiger charge is -2.39. The number of rotatable bonds is 3. The third kappa shape index (κ3) is 4.05. The van der Waals surface area contributed by atoms with Crippen LogP contribution in [0.1, 0.15) is 13.3 Å². The lowest BCUT2D eigenvalue weighted by atomic mass is 9.89. The van der Waals surface area contributed by atoms with Crippen molar-refractivity contribution in [2.45, 2.75) is 13.3 Å². The van der Waals surface area contributed by atoms with Crippen LogP contribution in [0, 0.1) is 11.2 Å². The van der Waals surface area contributed by atoms with E-state index in [2.05, 4.69) is 22.0 Å². The first-order chi connectivity index (χ1) is 10.1. The lowest BCUT2D eigenvalue weighted by molar-refractivity contribution is 0.169. The summed E-state index contributed by atoms with van der Waals surface area (Å²) < 4.78 is 13.1. The Morgan fingerprint density at radius 3 is 2.59 bits per heavy atom. The summed E-state index contributed by atoms with van der Waals surface area (Å²) in [5.41, 5.74) is 1.36. The molecule has 124 valence electrons. The summed E-state index contributed by atoms with van der Waals surface area (Å²) in [6, 6.07) is 4.67. The molecule has 22 heavy (non-hydrogen) atoms. The molecule has 3 rings (SSSR count). The van der Waals surface area contributed by atoms with Gasteiger partial charge in [-0.15, -0.1) is 12.4 Å². The minimum absolute atomic E-state index is 0. The molecule has 1 N–H and O–H groups in total. The van der Waals surface area contributed by atoms with Gasteiger partial charge in [-0.2, -0.15) is 0 Å². The maximum Gasteiger partial charge on any atom is 0.124 e. The van der Waals surface area contributed by atoms with Crippen molar-refractivity contribution < 1.29 is 4.39 Å². The van der Waals surface area contributed by atoms with Crippen molar-refractivity contribution in [3.8, 4) is 0 Å². The zero-order valence-corrected chi connectivity index (χ0v) is 14.5. The summed E-state index contributed by atoms with van der Waals surface area (Å²) in [4.78, 5) is 4.80. The highest BCUT2D eigenvalue weighted by Crippen LogP contribution is 2.29. The molecular weight excluding hydrogens is 324 g/mol. The minimum Gasteiger partial charge on any atom is -0.368 e. The van der Waals surface area contributed by atoms with Crippen LogP contribution in [-0.2, 0) is 0 Å². The smallest absolute Gasteiger partial charge is 0.124 e. The number of nitrogens with one attached hydrogen (secondary N) is 1. The second kappa shape index (κ2) is 7.35. The predicted molar refractivity (Wildman–Crippen MR) is 92.9 cm³/mol. The monoisotopic (exact) mass is 347 g/mol. The number of hydrogen-bond acceptors (Lipinski definition) is 3. The SMILES string of the molecule is CC1(CN2CCN(c3ccc(F)cc3Cl)CC2)CCNC1.Cl. The van der Waals surface area contributed by atoms with Crippen molar-refractivity contribution in [3.05, 3.63) is 29.0 Å². The Kier molecular flexibility index (Phi) is 5.94. The highest BCUT2D eigenvalue weighted by molar-refractivity contribution is 6.33. The van der Waals surface area contributed by atoms with E-state index in [1.54, 1.807) is 6.07 Å². The van der Waals surface area contributed by atoms with Crippen molar-refractivity contribution in [2.75, 3.05) is 50.7 Å². The molecule has 0 aliphatic carbocycles. The van der Waals surface area contributed by atoms with E-state index in [-0.39, 0.29) is 18.2 Å². The number of benzene rings is 1. The molecular formula is C16H24Cl2FN3. The maximum atomic E-state index is 13.1. The third-order valence-corrected chi connectivity index (χ3v) is 4.99. The number of halogens is 3. The number of nitrogens with zero attached hydrogens (tertiary/aromatic N) is 2. The Balaban J connectivity index is 0.00000176. The average molecular weight is 348 g/mol. The van der Waals surface area contributed by atoms with Crippen molar-refractivity contribution in [1.82, 2.24) is 10.2 Å². The molecule has 0 bridgehead atoms. The van der Waals surface area contributed by atoms with Gasteiger partial charge in [0, 0.05) is 39.3 Å². The van der Waals surface area contributed by atoms with Crippen LogP contribution >= 0.6 is 24.0 Å². The van der Waals surface area contributed by atoms with E-state index in [0.717, 1.165) is 51.5 Å². The summed E-state index contributed by atoms with van der Waals surface area (Å²) in [5.74, 6) is -0.274. The van der Waals surface area contributed by atoms with Crippen LogP contribution in [0.4, 0.5) is 10.1 Å². The van der Waals surface area contributed by atoms with Gasteiger partial charge in [-0.1, -0.05) is 18.5 Å². The first kappa shape index (κ1) is 17.8. The molecule has 1 aromatic carbocycles. The fourth-order valence-electron chi connectivity index (χ4n) is 3.43. The van der Waals surface area contributed by atoms with Crippen LogP contribution in [0.2, 0.25) is 5.02 Å². The molecule has 1 atom stereocenters. The quantitative estimate of drug-likeness (QED) is 0.906. The van der Waals surface area contributed by atoms with Crippen molar-refractivity contribution >= 4 is 29.7 Å². The molecule has 6 heteroatoms. The number of anilines is 1. The molecule has 0 aromatic heterocycles. The molecule has 1 aromatic rings. The van der Waals surface area contributed by atoms with Crippen LogP contribution in [0.3, 0.4) is 0 Å². The highest BCUT2D eigenvalue weighted by atomic mass is 35.5. The van der Waals surface area contributed by atoms with Gasteiger partial charge in [-0.25, -0.2) is 4.39 Å². The summed E-state index contributed by atoms with van der Waals surface area (Å²) >= 11 is 6.16. The van der Waals surface area contributed by atoms with E-state index in [1.165, 1.54) is 18.6 Å². The summed E-state index contributed by atoms with van der Waals surface area (Å²) in [6.07, 6.45) is 1.26. The van der Waals surface area contributed by atoms with E-state index in [1.807, 2.05) is 0 Å². The Morgan fingerprint density at radius 2 is 2.00 bits per heavy atom. The first-order valence-corrected chi connectivity index (χ1v) is 8.07. The van der Waals surface area contributed by atoms with Crippen LogP contribution < -0.4 is 10.2 Å². The van der Waals surface area contributed by atoms with E-state index in [0.29, 0.717) is 10.4 Å². The summed E-state index contributed by atoms with van der Waals surface area (Å²) in [5, 5.41) is 3.97. The van der Waals surface area contributed by atoms with Crippen LogP contribution in [-0.4, -0.2) is 50.7 Å². The molecule has 0 radical (unpaired) electrons. The lowest BCUT2D eigenvalue weighted by Crippen LogP contribution is -2.50. The maximum absolute atomic E-state index is 13.1. The van der Waals surface area contributed by atoms with Gasteiger partial charge in [0.15, 0.2) is 0 Å². The topological polar surface area (TPSA) is 18.5 Å². The van der Waals surface area contributed by atoms with E-state index >= 15 is 0 Å². The van der Waals surface area contributed by atoms with Crippen LogP contribution in [0.5, 0.6) is 0 Å². The van der Waals surface area contributed by atoms with E-state index in [4.69, 9.17) is 11.6 Å². The van der Waals surface area contributed by atoms with E-state index in [9.17, 15) is 4.39 Å². The fraction of sp³-hybridized carbons (Fsp3) is 0.625. The standard InChI is InChI=1S/C16H23ClFN3.ClH/c1-16(4-5-19-11-16)12-20-6-8-21(9-7-20)15-3-2-13(18)10-14(15)17;/h2-3,10,19H,4-9,11-12H2,1H3;1H. The molecule has 2 aliphatic heterocycles. The second-order valence-corrected chi connectivity index (χ2v) is 7.00.